The Morgan fingerprint density at radius 1 is 1.08 bits per heavy atom. The van der Waals surface area contributed by atoms with Gasteiger partial charge in [-0.1, -0.05) is 31.0 Å². The van der Waals surface area contributed by atoms with Crippen molar-refractivity contribution in [3.63, 3.8) is 0 Å². The van der Waals surface area contributed by atoms with E-state index < -0.39 is 12.1 Å². The van der Waals surface area contributed by atoms with Gasteiger partial charge in [-0.2, -0.15) is 0 Å². The maximum Gasteiger partial charge on any atom is 0.254 e. The summed E-state index contributed by atoms with van der Waals surface area (Å²) in [5.74, 6) is 0.0755. The van der Waals surface area contributed by atoms with Gasteiger partial charge in [0, 0.05) is 18.7 Å². The fourth-order valence-electron chi connectivity index (χ4n) is 4.03. The number of piperidine rings is 1. The smallest absolute Gasteiger partial charge is 0.254 e. The van der Waals surface area contributed by atoms with Crippen LogP contribution in [0.4, 0.5) is 0 Å². The quantitative estimate of drug-likeness (QED) is 0.861. The number of rotatable bonds is 5. The van der Waals surface area contributed by atoms with Crippen molar-refractivity contribution in [3.05, 3.63) is 35.9 Å². The zero-order valence-corrected chi connectivity index (χ0v) is 14.7. The third kappa shape index (κ3) is 4.40. The molecule has 2 fully saturated rings. The van der Waals surface area contributed by atoms with Crippen molar-refractivity contribution in [2.45, 2.75) is 57.1 Å². The van der Waals surface area contributed by atoms with Crippen LogP contribution in [0.15, 0.2) is 30.3 Å². The summed E-state index contributed by atoms with van der Waals surface area (Å²) in [5.41, 5.74) is 0.619. The first-order chi connectivity index (χ1) is 12.2. The van der Waals surface area contributed by atoms with Crippen LogP contribution in [0.2, 0.25) is 0 Å². The summed E-state index contributed by atoms with van der Waals surface area (Å²) in [6.45, 7) is 0.893. The van der Waals surface area contributed by atoms with Crippen LogP contribution in [0.3, 0.4) is 0 Å². The molecule has 0 bridgehead atoms. The average Bonchev–Trinajstić information content (AvgIpc) is 3.21. The van der Waals surface area contributed by atoms with Crippen LogP contribution >= 0.6 is 0 Å². The monoisotopic (exact) mass is 344 g/mol. The zero-order chi connectivity index (χ0) is 17.6. The Kier molecular flexibility index (Phi) is 6.08. The van der Waals surface area contributed by atoms with Crippen LogP contribution in [0.5, 0.6) is 0 Å². The number of nitrogens with zero attached hydrogens (tertiary/aromatic N) is 1. The second-order valence-corrected chi connectivity index (χ2v) is 7.23. The van der Waals surface area contributed by atoms with E-state index >= 15 is 0 Å². The number of carbonyl (C=O) groups is 2. The molecule has 5 nitrogen and oxygen atoms in total. The molecule has 1 heterocycles. The van der Waals surface area contributed by atoms with Crippen LogP contribution in [0.1, 0.15) is 55.3 Å². The third-order valence-electron chi connectivity index (χ3n) is 5.52. The first-order valence-corrected chi connectivity index (χ1v) is 9.48. The number of aliphatic hydroxyl groups excluding tert-OH is 1. The summed E-state index contributed by atoms with van der Waals surface area (Å²) >= 11 is 0. The standard InChI is InChI=1S/C20H28N2O3/c23-18(15-8-4-5-9-15)14-21-19(24)17-12-6-7-13-22(17)20(25)16-10-2-1-3-11-16/h1-3,10-11,15,17-18,23H,4-9,12-14H2,(H,21,24). The molecule has 1 saturated heterocycles. The molecule has 2 unspecified atom stereocenters. The molecule has 1 aliphatic heterocycles. The van der Waals surface area contributed by atoms with E-state index in [0.717, 1.165) is 38.5 Å². The predicted molar refractivity (Wildman–Crippen MR) is 96.1 cm³/mol. The molecule has 0 spiro atoms. The summed E-state index contributed by atoms with van der Waals surface area (Å²) in [7, 11) is 0. The lowest BCUT2D eigenvalue weighted by Crippen LogP contribution is -2.53. The molecule has 136 valence electrons. The largest absolute Gasteiger partial charge is 0.391 e. The maximum absolute atomic E-state index is 12.8. The molecule has 5 heteroatoms. The molecule has 2 N–H and O–H groups in total. The highest BCUT2D eigenvalue weighted by Crippen LogP contribution is 2.27. The maximum atomic E-state index is 12.8. The van der Waals surface area contributed by atoms with Crippen LogP contribution < -0.4 is 5.32 Å². The van der Waals surface area contributed by atoms with Gasteiger partial charge in [0.25, 0.3) is 5.91 Å². The summed E-state index contributed by atoms with van der Waals surface area (Å²) in [6, 6.07) is 8.69. The fraction of sp³-hybridized carbons (Fsp3) is 0.600. The lowest BCUT2D eigenvalue weighted by molar-refractivity contribution is -0.127. The Morgan fingerprint density at radius 2 is 1.76 bits per heavy atom. The predicted octanol–water partition coefficient (Wildman–Crippen LogP) is 2.35. The lowest BCUT2D eigenvalue weighted by Gasteiger charge is -2.35. The van der Waals surface area contributed by atoms with Crippen LogP contribution in [0.25, 0.3) is 0 Å². The lowest BCUT2D eigenvalue weighted by atomic mass is 9.98. The summed E-state index contributed by atoms with van der Waals surface area (Å²) in [5, 5.41) is 13.1. The molecule has 2 amide bonds. The van der Waals surface area contributed by atoms with Gasteiger partial charge in [-0.3, -0.25) is 9.59 Å². The molecular formula is C20H28N2O3. The van der Waals surface area contributed by atoms with E-state index in [1.165, 1.54) is 0 Å². The minimum Gasteiger partial charge on any atom is -0.391 e. The van der Waals surface area contributed by atoms with E-state index in [4.69, 9.17) is 0 Å². The van der Waals surface area contributed by atoms with Gasteiger partial charge in [0.2, 0.25) is 5.91 Å². The van der Waals surface area contributed by atoms with E-state index in [-0.39, 0.29) is 18.4 Å². The van der Waals surface area contributed by atoms with E-state index in [9.17, 15) is 14.7 Å². The van der Waals surface area contributed by atoms with Crippen molar-refractivity contribution in [3.8, 4) is 0 Å². The van der Waals surface area contributed by atoms with Gasteiger partial charge in [-0.25, -0.2) is 0 Å². The molecule has 1 aliphatic carbocycles. The Hall–Kier alpha value is -1.88. The van der Waals surface area contributed by atoms with E-state index in [2.05, 4.69) is 5.32 Å². The summed E-state index contributed by atoms with van der Waals surface area (Å²) in [4.78, 5) is 27.1. The number of likely N-dealkylation sites (tertiary alicyclic amines) is 1. The molecule has 25 heavy (non-hydrogen) atoms. The summed E-state index contributed by atoms with van der Waals surface area (Å²) < 4.78 is 0. The number of benzene rings is 1. The Morgan fingerprint density at radius 3 is 2.48 bits per heavy atom. The zero-order valence-electron chi connectivity index (χ0n) is 14.7. The number of carbonyl (C=O) groups excluding carboxylic acids is 2. The second kappa shape index (κ2) is 8.48. The third-order valence-corrected chi connectivity index (χ3v) is 5.52. The highest BCUT2D eigenvalue weighted by atomic mass is 16.3. The van der Waals surface area contributed by atoms with Gasteiger partial charge >= 0.3 is 0 Å². The Balaban J connectivity index is 1.60. The van der Waals surface area contributed by atoms with Crippen LogP contribution in [-0.2, 0) is 4.79 Å². The highest BCUT2D eigenvalue weighted by molar-refractivity contribution is 5.97. The molecule has 2 atom stereocenters. The van der Waals surface area contributed by atoms with Crippen molar-refractivity contribution in [1.82, 2.24) is 10.2 Å². The van der Waals surface area contributed by atoms with Crippen LogP contribution in [0, 0.1) is 5.92 Å². The number of hydrogen-bond acceptors (Lipinski definition) is 3. The number of aliphatic hydroxyl groups is 1. The first kappa shape index (κ1) is 17.9. The van der Waals surface area contributed by atoms with Crippen molar-refractivity contribution >= 4 is 11.8 Å². The summed E-state index contributed by atoms with van der Waals surface area (Å²) in [6.07, 6.45) is 6.49. The van der Waals surface area contributed by atoms with E-state index in [1.807, 2.05) is 18.2 Å². The van der Waals surface area contributed by atoms with Crippen molar-refractivity contribution in [1.29, 1.82) is 0 Å². The van der Waals surface area contributed by atoms with Gasteiger partial charge in [0.1, 0.15) is 6.04 Å². The van der Waals surface area contributed by atoms with Crippen molar-refractivity contribution in [2.75, 3.05) is 13.1 Å². The number of hydrogen-bond donors (Lipinski definition) is 2. The molecule has 1 aromatic carbocycles. The van der Waals surface area contributed by atoms with E-state index in [0.29, 0.717) is 24.4 Å². The highest BCUT2D eigenvalue weighted by Gasteiger charge is 2.33. The SMILES string of the molecule is O=C(NCC(O)C1CCCC1)C1CCCCN1C(=O)c1ccccc1. The molecule has 0 radical (unpaired) electrons. The van der Waals surface area contributed by atoms with Gasteiger partial charge in [-0.05, 0) is 50.2 Å². The molecule has 2 aliphatic rings. The number of amides is 2. The average molecular weight is 344 g/mol. The molecule has 3 rings (SSSR count). The van der Waals surface area contributed by atoms with Gasteiger partial charge in [-0.15, -0.1) is 0 Å². The minimum atomic E-state index is -0.478. The molecular weight excluding hydrogens is 316 g/mol. The number of nitrogens with one attached hydrogen (secondary N) is 1. The normalized spacial score (nSPS) is 22.6. The Bertz CT molecular complexity index is 584. The fourth-order valence-corrected chi connectivity index (χ4v) is 4.03. The topological polar surface area (TPSA) is 69.6 Å². The van der Waals surface area contributed by atoms with Gasteiger partial charge < -0.3 is 15.3 Å². The minimum absolute atomic E-state index is 0.0863. The Labute approximate surface area is 149 Å². The second-order valence-electron chi connectivity index (χ2n) is 7.23. The van der Waals surface area contributed by atoms with Crippen molar-refractivity contribution in [2.24, 2.45) is 5.92 Å². The first-order valence-electron chi connectivity index (χ1n) is 9.48. The van der Waals surface area contributed by atoms with E-state index in [1.54, 1.807) is 17.0 Å². The van der Waals surface area contributed by atoms with Gasteiger partial charge in [0.15, 0.2) is 0 Å². The van der Waals surface area contributed by atoms with Crippen molar-refractivity contribution < 1.29 is 14.7 Å². The van der Waals surface area contributed by atoms with Crippen LogP contribution in [-0.4, -0.2) is 47.1 Å². The van der Waals surface area contributed by atoms with Gasteiger partial charge in [0.05, 0.1) is 6.10 Å². The molecule has 1 saturated carbocycles. The molecule has 0 aromatic heterocycles. The molecule has 1 aromatic rings.